The second-order valence-electron chi connectivity index (χ2n) is 4.18. The van der Waals surface area contributed by atoms with Crippen molar-refractivity contribution in [3.05, 3.63) is 58.1 Å². The third kappa shape index (κ3) is 3.08. The molecule has 0 radical (unpaired) electrons. The summed E-state index contributed by atoms with van der Waals surface area (Å²) in [6, 6.07) is 10.5. The Morgan fingerprint density at radius 1 is 1.29 bits per heavy atom. The van der Waals surface area contributed by atoms with Crippen LogP contribution in [0.4, 0.5) is 17.1 Å². The Morgan fingerprint density at radius 3 is 2.67 bits per heavy atom. The topological polar surface area (TPSA) is 107 Å². The highest BCUT2D eigenvalue weighted by Crippen LogP contribution is 2.26. The Kier molecular flexibility index (Phi) is 4.03. The van der Waals surface area contributed by atoms with E-state index in [1.807, 2.05) is 0 Å². The molecule has 108 valence electrons. The molecule has 0 spiro atoms. The first-order valence-corrected chi connectivity index (χ1v) is 6.01. The number of amides is 1. The lowest BCUT2D eigenvalue weighted by molar-refractivity contribution is -0.385. The largest absolute Gasteiger partial charge is 0.497 e. The summed E-state index contributed by atoms with van der Waals surface area (Å²) in [5.74, 6) is -0.0932. The van der Waals surface area contributed by atoms with Crippen LogP contribution in [0.15, 0.2) is 42.5 Å². The molecule has 0 aliphatic rings. The number of hydrogen-bond acceptors (Lipinski definition) is 5. The number of methoxy groups -OCH3 is 1. The van der Waals surface area contributed by atoms with Gasteiger partial charge in [-0.2, -0.15) is 0 Å². The van der Waals surface area contributed by atoms with Crippen LogP contribution in [-0.2, 0) is 0 Å². The molecule has 0 aliphatic carbocycles. The summed E-state index contributed by atoms with van der Waals surface area (Å²) in [7, 11) is 1.49. The number of nitro benzene ring substituents is 1. The van der Waals surface area contributed by atoms with Gasteiger partial charge in [0.05, 0.1) is 23.4 Å². The van der Waals surface area contributed by atoms with E-state index in [0.29, 0.717) is 17.1 Å². The summed E-state index contributed by atoms with van der Waals surface area (Å²) in [5.41, 5.74) is 6.13. The molecule has 21 heavy (non-hydrogen) atoms. The van der Waals surface area contributed by atoms with E-state index in [9.17, 15) is 14.9 Å². The van der Waals surface area contributed by atoms with Gasteiger partial charge in [-0.15, -0.1) is 0 Å². The average Bonchev–Trinajstić information content (AvgIpc) is 2.49. The standard InChI is InChI=1S/C14H13N3O4/c1-21-9-6-7-11(15)12(8-9)16-14(18)10-4-2-3-5-13(10)17(19)20/h2-8H,15H2,1H3,(H,16,18). The number of nitrogen functional groups attached to an aromatic ring is 1. The maximum atomic E-state index is 12.2. The van der Waals surface area contributed by atoms with Gasteiger partial charge in [-0.05, 0) is 18.2 Å². The maximum absolute atomic E-state index is 12.2. The average molecular weight is 287 g/mol. The molecule has 0 unspecified atom stereocenters. The molecule has 0 aromatic heterocycles. The van der Waals surface area contributed by atoms with Crippen LogP contribution in [0, 0.1) is 10.1 Å². The van der Waals surface area contributed by atoms with E-state index >= 15 is 0 Å². The zero-order chi connectivity index (χ0) is 15.4. The Morgan fingerprint density at radius 2 is 2.00 bits per heavy atom. The van der Waals surface area contributed by atoms with Crippen LogP contribution in [-0.4, -0.2) is 17.9 Å². The minimum atomic E-state index is -0.609. The highest BCUT2D eigenvalue weighted by atomic mass is 16.6. The van der Waals surface area contributed by atoms with E-state index in [1.165, 1.54) is 25.3 Å². The third-order valence-corrected chi connectivity index (χ3v) is 2.85. The summed E-state index contributed by atoms with van der Waals surface area (Å²) in [5, 5.41) is 13.5. The SMILES string of the molecule is COc1ccc(N)c(NC(=O)c2ccccc2[N+](=O)[O-])c1. The number of carbonyl (C=O) groups excluding carboxylic acids is 1. The van der Waals surface area contributed by atoms with Gasteiger partial charge in [-0.1, -0.05) is 12.1 Å². The Hall–Kier alpha value is -3.09. The number of anilines is 2. The van der Waals surface area contributed by atoms with Gasteiger partial charge in [-0.25, -0.2) is 0 Å². The summed E-state index contributed by atoms with van der Waals surface area (Å²) in [6.07, 6.45) is 0. The van der Waals surface area contributed by atoms with Crippen LogP contribution in [0.3, 0.4) is 0 Å². The normalized spacial score (nSPS) is 9.95. The van der Waals surface area contributed by atoms with Crippen LogP contribution in [0.5, 0.6) is 5.75 Å². The molecule has 0 saturated heterocycles. The fourth-order valence-electron chi connectivity index (χ4n) is 1.79. The highest BCUT2D eigenvalue weighted by molar-refractivity contribution is 6.08. The lowest BCUT2D eigenvalue weighted by atomic mass is 10.1. The molecule has 2 aromatic rings. The van der Waals surface area contributed by atoms with Crippen molar-refractivity contribution in [2.24, 2.45) is 0 Å². The molecule has 0 fully saturated rings. The van der Waals surface area contributed by atoms with Gasteiger partial charge in [-0.3, -0.25) is 14.9 Å². The predicted molar refractivity (Wildman–Crippen MR) is 78.5 cm³/mol. The van der Waals surface area contributed by atoms with Crippen molar-refractivity contribution in [3.63, 3.8) is 0 Å². The van der Waals surface area contributed by atoms with Crippen molar-refractivity contribution in [1.82, 2.24) is 0 Å². The van der Waals surface area contributed by atoms with Gasteiger partial charge in [0.25, 0.3) is 11.6 Å². The molecule has 7 heteroatoms. The van der Waals surface area contributed by atoms with Crippen molar-refractivity contribution in [1.29, 1.82) is 0 Å². The highest BCUT2D eigenvalue weighted by Gasteiger charge is 2.19. The van der Waals surface area contributed by atoms with Gasteiger partial charge in [0, 0.05) is 12.1 Å². The monoisotopic (exact) mass is 287 g/mol. The van der Waals surface area contributed by atoms with Gasteiger partial charge in [0.2, 0.25) is 0 Å². The van der Waals surface area contributed by atoms with Crippen LogP contribution >= 0.6 is 0 Å². The van der Waals surface area contributed by atoms with E-state index in [1.54, 1.807) is 24.3 Å². The lowest BCUT2D eigenvalue weighted by Gasteiger charge is -2.10. The van der Waals surface area contributed by atoms with Crippen molar-refractivity contribution in [2.45, 2.75) is 0 Å². The summed E-state index contributed by atoms with van der Waals surface area (Å²) >= 11 is 0. The van der Waals surface area contributed by atoms with Crippen LogP contribution in [0.25, 0.3) is 0 Å². The number of hydrogen-bond donors (Lipinski definition) is 2. The number of ether oxygens (including phenoxy) is 1. The van der Waals surface area contributed by atoms with E-state index < -0.39 is 10.8 Å². The molecule has 3 N–H and O–H groups in total. The zero-order valence-electron chi connectivity index (χ0n) is 11.2. The quantitative estimate of drug-likeness (QED) is 0.510. The Labute approximate surface area is 120 Å². The first-order valence-electron chi connectivity index (χ1n) is 6.01. The number of para-hydroxylation sites is 1. The van der Waals surface area contributed by atoms with Crippen molar-refractivity contribution in [2.75, 3.05) is 18.2 Å². The van der Waals surface area contributed by atoms with E-state index in [0.717, 1.165) is 0 Å². The number of nitro groups is 1. The molecular formula is C14H13N3O4. The summed E-state index contributed by atoms with van der Waals surface area (Å²) < 4.78 is 5.04. The fraction of sp³-hybridized carbons (Fsp3) is 0.0714. The van der Waals surface area contributed by atoms with Crippen molar-refractivity contribution >= 4 is 23.0 Å². The van der Waals surface area contributed by atoms with Crippen LogP contribution < -0.4 is 15.8 Å². The van der Waals surface area contributed by atoms with E-state index in [-0.39, 0.29) is 11.3 Å². The van der Waals surface area contributed by atoms with Gasteiger partial charge >= 0.3 is 0 Å². The molecule has 0 aliphatic heterocycles. The zero-order valence-corrected chi connectivity index (χ0v) is 11.2. The number of nitrogens with two attached hydrogens (primary N) is 1. The van der Waals surface area contributed by atoms with Gasteiger partial charge in [0.1, 0.15) is 11.3 Å². The lowest BCUT2D eigenvalue weighted by Crippen LogP contribution is -2.15. The van der Waals surface area contributed by atoms with Crippen LogP contribution in [0.2, 0.25) is 0 Å². The smallest absolute Gasteiger partial charge is 0.282 e. The molecule has 0 atom stereocenters. The van der Waals surface area contributed by atoms with Crippen molar-refractivity contribution in [3.8, 4) is 5.75 Å². The second-order valence-corrected chi connectivity index (χ2v) is 4.18. The first-order chi connectivity index (χ1) is 10.0. The minimum Gasteiger partial charge on any atom is -0.497 e. The number of nitrogens with zero attached hydrogens (tertiary/aromatic N) is 1. The molecule has 0 bridgehead atoms. The van der Waals surface area contributed by atoms with Crippen LogP contribution in [0.1, 0.15) is 10.4 Å². The Bertz CT molecular complexity index is 700. The second kappa shape index (κ2) is 5.91. The third-order valence-electron chi connectivity index (χ3n) is 2.85. The minimum absolute atomic E-state index is 0.0373. The molecular weight excluding hydrogens is 274 g/mol. The molecule has 1 amide bonds. The summed E-state index contributed by atoms with van der Waals surface area (Å²) in [6.45, 7) is 0. The molecule has 0 heterocycles. The molecule has 7 nitrogen and oxygen atoms in total. The maximum Gasteiger partial charge on any atom is 0.282 e. The number of carbonyl (C=O) groups is 1. The van der Waals surface area contributed by atoms with E-state index in [2.05, 4.69) is 5.32 Å². The van der Waals surface area contributed by atoms with Gasteiger partial charge < -0.3 is 15.8 Å². The molecule has 0 saturated carbocycles. The van der Waals surface area contributed by atoms with Crippen molar-refractivity contribution < 1.29 is 14.5 Å². The number of rotatable bonds is 4. The molecule has 2 aromatic carbocycles. The molecule has 2 rings (SSSR count). The number of benzene rings is 2. The predicted octanol–water partition coefficient (Wildman–Crippen LogP) is 2.44. The Balaban J connectivity index is 2.33. The fourth-order valence-corrected chi connectivity index (χ4v) is 1.79. The first kappa shape index (κ1) is 14.3. The number of nitrogens with one attached hydrogen (secondary N) is 1. The summed E-state index contributed by atoms with van der Waals surface area (Å²) in [4.78, 5) is 22.5. The van der Waals surface area contributed by atoms with E-state index in [4.69, 9.17) is 10.5 Å². The van der Waals surface area contributed by atoms with Gasteiger partial charge in [0.15, 0.2) is 0 Å².